The highest BCUT2D eigenvalue weighted by Gasteiger charge is 2.24. The van der Waals surface area contributed by atoms with Gasteiger partial charge in [-0.2, -0.15) is 4.98 Å². The third-order valence-corrected chi connectivity index (χ3v) is 1.97. The van der Waals surface area contributed by atoms with E-state index in [1.807, 2.05) is 0 Å². The van der Waals surface area contributed by atoms with Crippen molar-refractivity contribution < 1.29 is 4.52 Å². The molecule has 0 bridgehead atoms. The molecule has 2 heterocycles. The van der Waals surface area contributed by atoms with E-state index in [9.17, 15) is 0 Å². The van der Waals surface area contributed by atoms with Gasteiger partial charge in [-0.25, -0.2) is 0 Å². The van der Waals surface area contributed by atoms with Gasteiger partial charge in [0.1, 0.15) is 0 Å². The van der Waals surface area contributed by atoms with Gasteiger partial charge in [-0.1, -0.05) is 5.16 Å². The van der Waals surface area contributed by atoms with Gasteiger partial charge < -0.3 is 9.84 Å². The number of nitrogens with one attached hydrogen (secondary N) is 1. The molecule has 11 heavy (non-hydrogen) atoms. The summed E-state index contributed by atoms with van der Waals surface area (Å²) in [6.45, 7) is 1.87. The Labute approximate surface area is 68.9 Å². The van der Waals surface area contributed by atoms with Crippen molar-refractivity contribution in [3.63, 3.8) is 0 Å². The molecule has 0 spiro atoms. The van der Waals surface area contributed by atoms with Crippen molar-refractivity contribution in [3.05, 3.63) is 11.7 Å². The minimum absolute atomic E-state index is 0.323. The molecular formula is C6H8ClN3O. The van der Waals surface area contributed by atoms with Crippen LogP contribution in [0.25, 0.3) is 0 Å². The van der Waals surface area contributed by atoms with E-state index in [1.54, 1.807) is 0 Å². The summed E-state index contributed by atoms with van der Waals surface area (Å²) in [6.07, 6.45) is 0. The maximum absolute atomic E-state index is 5.51. The van der Waals surface area contributed by atoms with Crippen LogP contribution in [0.2, 0.25) is 0 Å². The smallest absolute Gasteiger partial charge is 0.232 e. The largest absolute Gasteiger partial charge is 0.339 e. The third-order valence-electron chi connectivity index (χ3n) is 1.73. The van der Waals surface area contributed by atoms with Crippen LogP contribution in [0.3, 0.4) is 0 Å². The van der Waals surface area contributed by atoms with Crippen LogP contribution < -0.4 is 5.32 Å². The molecule has 0 unspecified atom stereocenters. The molecule has 0 radical (unpaired) electrons. The quantitative estimate of drug-likeness (QED) is 0.662. The van der Waals surface area contributed by atoms with Crippen LogP contribution in [0, 0.1) is 0 Å². The lowest BCUT2D eigenvalue weighted by molar-refractivity contribution is 0.306. The van der Waals surface area contributed by atoms with E-state index < -0.39 is 0 Å². The number of hydrogen-bond acceptors (Lipinski definition) is 4. The summed E-state index contributed by atoms with van der Waals surface area (Å²) in [5.41, 5.74) is 0. The first kappa shape index (κ1) is 7.06. The number of halogens is 1. The fourth-order valence-electron chi connectivity index (χ4n) is 0.951. The highest BCUT2D eigenvalue weighted by Crippen LogP contribution is 2.17. The van der Waals surface area contributed by atoms with Crippen molar-refractivity contribution in [2.75, 3.05) is 13.1 Å². The van der Waals surface area contributed by atoms with E-state index in [1.165, 1.54) is 0 Å². The van der Waals surface area contributed by atoms with Crippen molar-refractivity contribution >= 4 is 11.6 Å². The van der Waals surface area contributed by atoms with Gasteiger partial charge in [0.05, 0.1) is 11.8 Å². The molecule has 0 atom stereocenters. The molecule has 5 heteroatoms. The Hall–Kier alpha value is -0.610. The molecule has 1 aliphatic heterocycles. The Morgan fingerprint density at radius 3 is 2.91 bits per heavy atom. The van der Waals surface area contributed by atoms with E-state index >= 15 is 0 Å². The fraction of sp³-hybridized carbons (Fsp3) is 0.667. The predicted molar refractivity (Wildman–Crippen MR) is 39.5 cm³/mol. The minimum Gasteiger partial charge on any atom is -0.339 e. The Morgan fingerprint density at radius 2 is 2.45 bits per heavy atom. The molecule has 0 aromatic carbocycles. The SMILES string of the molecule is ClCc1noc(C2CNC2)n1. The fourth-order valence-corrected chi connectivity index (χ4v) is 1.06. The summed E-state index contributed by atoms with van der Waals surface area (Å²) < 4.78 is 4.97. The molecule has 0 aliphatic carbocycles. The Balaban J connectivity index is 2.11. The number of aromatic nitrogens is 2. The standard InChI is InChI=1S/C6H8ClN3O/c7-1-5-9-6(11-10-5)4-2-8-3-4/h4,8H,1-3H2. The molecule has 1 saturated heterocycles. The first-order valence-electron chi connectivity index (χ1n) is 3.49. The first-order chi connectivity index (χ1) is 5.40. The first-order valence-corrected chi connectivity index (χ1v) is 4.03. The summed E-state index contributed by atoms with van der Waals surface area (Å²) in [6, 6.07) is 0. The maximum Gasteiger partial charge on any atom is 0.232 e. The average Bonchev–Trinajstić information content (AvgIpc) is 2.32. The van der Waals surface area contributed by atoms with Crippen LogP contribution in [0.4, 0.5) is 0 Å². The Kier molecular flexibility index (Phi) is 1.79. The van der Waals surface area contributed by atoms with Crippen LogP contribution in [0.5, 0.6) is 0 Å². The van der Waals surface area contributed by atoms with E-state index in [-0.39, 0.29) is 0 Å². The molecular weight excluding hydrogens is 166 g/mol. The van der Waals surface area contributed by atoms with Gasteiger partial charge in [-0.05, 0) is 0 Å². The maximum atomic E-state index is 5.51. The Bertz CT molecular complexity index is 246. The molecule has 0 amide bonds. The van der Waals surface area contributed by atoms with Crippen molar-refractivity contribution in [1.29, 1.82) is 0 Å². The second kappa shape index (κ2) is 2.79. The van der Waals surface area contributed by atoms with Crippen LogP contribution in [0.15, 0.2) is 4.52 Å². The number of hydrogen-bond donors (Lipinski definition) is 1. The number of nitrogens with zero attached hydrogens (tertiary/aromatic N) is 2. The molecule has 0 saturated carbocycles. The average molecular weight is 174 g/mol. The van der Waals surface area contributed by atoms with Crippen LogP contribution >= 0.6 is 11.6 Å². The second-order valence-electron chi connectivity index (χ2n) is 2.54. The molecule has 1 aromatic rings. The zero-order chi connectivity index (χ0) is 7.68. The minimum atomic E-state index is 0.323. The van der Waals surface area contributed by atoms with Gasteiger partial charge in [-0.3, -0.25) is 0 Å². The normalized spacial score (nSPS) is 18.3. The summed E-state index contributed by atoms with van der Waals surface area (Å²) in [4.78, 5) is 4.10. The van der Waals surface area contributed by atoms with Gasteiger partial charge in [0, 0.05) is 13.1 Å². The molecule has 1 aliphatic rings. The lowest BCUT2D eigenvalue weighted by atomic mass is 10.0. The molecule has 4 nitrogen and oxygen atoms in total. The molecule has 60 valence electrons. The van der Waals surface area contributed by atoms with Crippen molar-refractivity contribution in [2.24, 2.45) is 0 Å². The Morgan fingerprint density at radius 1 is 1.64 bits per heavy atom. The highest BCUT2D eigenvalue weighted by atomic mass is 35.5. The van der Waals surface area contributed by atoms with Crippen molar-refractivity contribution in [3.8, 4) is 0 Å². The summed E-state index contributed by atoms with van der Waals surface area (Å²) in [5, 5.41) is 6.82. The monoisotopic (exact) mass is 173 g/mol. The van der Waals surface area contributed by atoms with Crippen LogP contribution in [0.1, 0.15) is 17.6 Å². The van der Waals surface area contributed by atoms with Gasteiger partial charge in [0.15, 0.2) is 5.82 Å². The van der Waals surface area contributed by atoms with E-state index in [2.05, 4.69) is 15.5 Å². The van der Waals surface area contributed by atoms with Crippen LogP contribution in [-0.4, -0.2) is 23.2 Å². The van der Waals surface area contributed by atoms with Gasteiger partial charge in [-0.15, -0.1) is 11.6 Å². The van der Waals surface area contributed by atoms with E-state index in [0.717, 1.165) is 13.1 Å². The number of rotatable bonds is 2. The summed E-state index contributed by atoms with van der Waals surface area (Å²) in [5.74, 6) is 2.01. The zero-order valence-electron chi connectivity index (χ0n) is 5.88. The van der Waals surface area contributed by atoms with Crippen molar-refractivity contribution in [2.45, 2.75) is 11.8 Å². The van der Waals surface area contributed by atoms with Gasteiger partial charge in [0.25, 0.3) is 0 Å². The highest BCUT2D eigenvalue weighted by molar-refractivity contribution is 6.16. The van der Waals surface area contributed by atoms with E-state index in [4.69, 9.17) is 16.1 Å². The van der Waals surface area contributed by atoms with Crippen LogP contribution in [-0.2, 0) is 5.88 Å². The second-order valence-corrected chi connectivity index (χ2v) is 2.80. The predicted octanol–water partition coefficient (Wildman–Crippen LogP) is 0.495. The zero-order valence-corrected chi connectivity index (χ0v) is 6.64. The van der Waals surface area contributed by atoms with Gasteiger partial charge in [0.2, 0.25) is 5.89 Å². The molecule has 1 aromatic heterocycles. The summed E-state index contributed by atoms with van der Waals surface area (Å²) in [7, 11) is 0. The number of alkyl halides is 1. The topological polar surface area (TPSA) is 51.0 Å². The third kappa shape index (κ3) is 1.23. The van der Waals surface area contributed by atoms with Gasteiger partial charge >= 0.3 is 0 Å². The molecule has 1 N–H and O–H groups in total. The van der Waals surface area contributed by atoms with E-state index in [0.29, 0.717) is 23.5 Å². The lowest BCUT2D eigenvalue weighted by Gasteiger charge is -2.22. The summed E-state index contributed by atoms with van der Waals surface area (Å²) >= 11 is 5.51. The molecule has 1 fully saturated rings. The molecule has 2 rings (SSSR count). The lowest BCUT2D eigenvalue weighted by Crippen LogP contribution is -2.40. The van der Waals surface area contributed by atoms with Crippen molar-refractivity contribution in [1.82, 2.24) is 15.5 Å².